The quantitative estimate of drug-likeness (QED) is 0.582. The van der Waals surface area contributed by atoms with Gasteiger partial charge in [-0.2, -0.15) is 0 Å². The van der Waals surface area contributed by atoms with Crippen molar-refractivity contribution in [2.75, 3.05) is 6.54 Å². The number of alkyl halides is 3. The summed E-state index contributed by atoms with van der Waals surface area (Å²) in [5.41, 5.74) is 1.29. The van der Waals surface area contributed by atoms with Crippen LogP contribution < -0.4 is 9.46 Å². The van der Waals surface area contributed by atoms with E-state index in [1.54, 1.807) is 12.1 Å². The van der Waals surface area contributed by atoms with Crippen molar-refractivity contribution in [2.45, 2.75) is 24.1 Å². The fourth-order valence-corrected chi connectivity index (χ4v) is 2.54. The first-order chi connectivity index (χ1) is 10.5. The van der Waals surface area contributed by atoms with Crippen LogP contribution in [0.5, 0.6) is 5.75 Å². The van der Waals surface area contributed by atoms with Gasteiger partial charge in [-0.15, -0.1) is 13.2 Å². The van der Waals surface area contributed by atoms with Crippen LogP contribution in [0.4, 0.5) is 13.2 Å². The molecule has 6 heteroatoms. The van der Waals surface area contributed by atoms with Crippen molar-refractivity contribution in [3.8, 4) is 5.75 Å². The van der Waals surface area contributed by atoms with Gasteiger partial charge in [0, 0.05) is 11.4 Å². The average Bonchev–Trinajstić information content (AvgIpc) is 2.48. The van der Waals surface area contributed by atoms with Gasteiger partial charge >= 0.3 is 6.36 Å². The van der Waals surface area contributed by atoms with Crippen LogP contribution >= 0.6 is 11.9 Å². The predicted octanol–water partition coefficient (Wildman–Crippen LogP) is 4.81. The van der Waals surface area contributed by atoms with Gasteiger partial charge in [0.15, 0.2) is 0 Å². The number of ether oxygens (including phenoxy) is 1. The summed E-state index contributed by atoms with van der Waals surface area (Å²) in [4.78, 5) is 0.842. The summed E-state index contributed by atoms with van der Waals surface area (Å²) >= 11 is 1.40. The highest BCUT2D eigenvalue weighted by molar-refractivity contribution is 7.97. The van der Waals surface area contributed by atoms with E-state index >= 15 is 0 Å². The van der Waals surface area contributed by atoms with E-state index in [0.29, 0.717) is 0 Å². The molecule has 0 unspecified atom stereocenters. The molecule has 0 aromatic heterocycles. The third kappa shape index (κ3) is 6.41. The first-order valence-corrected chi connectivity index (χ1v) is 7.64. The first-order valence-electron chi connectivity index (χ1n) is 6.82. The van der Waals surface area contributed by atoms with Gasteiger partial charge in [-0.1, -0.05) is 30.3 Å². The van der Waals surface area contributed by atoms with Crippen LogP contribution in [0.2, 0.25) is 0 Å². The van der Waals surface area contributed by atoms with Crippen molar-refractivity contribution in [1.82, 2.24) is 4.72 Å². The minimum absolute atomic E-state index is 0.207. The molecule has 0 atom stereocenters. The highest BCUT2D eigenvalue weighted by Crippen LogP contribution is 2.25. The predicted molar refractivity (Wildman–Crippen MR) is 81.7 cm³/mol. The smallest absolute Gasteiger partial charge is 0.406 e. The Labute approximate surface area is 131 Å². The van der Waals surface area contributed by atoms with Crippen molar-refractivity contribution in [3.05, 3.63) is 60.2 Å². The average molecular weight is 327 g/mol. The molecule has 0 saturated carbocycles. The van der Waals surface area contributed by atoms with Crippen molar-refractivity contribution in [2.24, 2.45) is 0 Å². The molecule has 0 radical (unpaired) electrons. The van der Waals surface area contributed by atoms with Crippen LogP contribution in [0.1, 0.15) is 12.0 Å². The Bertz CT molecular complexity index is 558. The second-order valence-electron chi connectivity index (χ2n) is 4.60. The summed E-state index contributed by atoms with van der Waals surface area (Å²) in [7, 11) is 0. The van der Waals surface area contributed by atoms with Crippen LogP contribution in [0, 0.1) is 0 Å². The number of nitrogens with one attached hydrogen (secondary N) is 1. The molecule has 22 heavy (non-hydrogen) atoms. The lowest BCUT2D eigenvalue weighted by molar-refractivity contribution is -0.274. The van der Waals surface area contributed by atoms with Gasteiger partial charge in [-0.05, 0) is 54.6 Å². The lowest BCUT2D eigenvalue weighted by Gasteiger charge is -2.09. The molecule has 2 aromatic rings. The third-order valence-electron chi connectivity index (χ3n) is 2.83. The number of aryl methyl sites for hydroxylation is 1. The van der Waals surface area contributed by atoms with E-state index in [4.69, 9.17) is 0 Å². The van der Waals surface area contributed by atoms with E-state index in [1.807, 2.05) is 18.2 Å². The summed E-state index contributed by atoms with van der Waals surface area (Å²) in [6, 6.07) is 16.0. The van der Waals surface area contributed by atoms with E-state index in [-0.39, 0.29) is 5.75 Å². The second kappa shape index (κ2) is 8.10. The summed E-state index contributed by atoms with van der Waals surface area (Å²) in [5.74, 6) is -0.207. The maximum absolute atomic E-state index is 12.0. The van der Waals surface area contributed by atoms with Gasteiger partial charge in [-0.3, -0.25) is 4.72 Å². The van der Waals surface area contributed by atoms with Gasteiger partial charge in [-0.25, -0.2) is 0 Å². The first kappa shape index (κ1) is 16.7. The van der Waals surface area contributed by atoms with Gasteiger partial charge in [0.1, 0.15) is 5.75 Å². The van der Waals surface area contributed by atoms with Crippen molar-refractivity contribution >= 4 is 11.9 Å². The molecule has 2 rings (SSSR count). The Morgan fingerprint density at radius 2 is 1.64 bits per heavy atom. The van der Waals surface area contributed by atoms with Gasteiger partial charge < -0.3 is 4.74 Å². The summed E-state index contributed by atoms with van der Waals surface area (Å²) < 4.78 is 43.1. The molecule has 0 amide bonds. The fraction of sp³-hybridized carbons (Fsp3) is 0.250. The molecule has 0 saturated heterocycles. The molecule has 1 N–H and O–H groups in total. The lowest BCUT2D eigenvalue weighted by atomic mass is 10.1. The summed E-state index contributed by atoms with van der Waals surface area (Å²) in [6.07, 6.45) is -2.66. The minimum Gasteiger partial charge on any atom is -0.406 e. The molecule has 0 aliphatic rings. The molecule has 0 fully saturated rings. The fourth-order valence-electron chi connectivity index (χ4n) is 1.85. The maximum Gasteiger partial charge on any atom is 0.573 e. The monoisotopic (exact) mass is 327 g/mol. The Kier molecular flexibility index (Phi) is 6.15. The zero-order chi connectivity index (χ0) is 15.8. The molecule has 0 spiro atoms. The van der Waals surface area contributed by atoms with Crippen molar-refractivity contribution in [3.63, 3.8) is 0 Å². The van der Waals surface area contributed by atoms with Crippen molar-refractivity contribution in [1.29, 1.82) is 0 Å². The Balaban J connectivity index is 1.67. The Hall–Kier alpha value is -1.66. The molecule has 0 aliphatic carbocycles. The zero-order valence-electron chi connectivity index (χ0n) is 11.8. The number of hydrogen-bond acceptors (Lipinski definition) is 3. The molecule has 2 nitrogen and oxygen atoms in total. The summed E-state index contributed by atoms with van der Waals surface area (Å²) in [5, 5.41) is 0. The number of halogens is 3. The number of hydrogen-bond donors (Lipinski definition) is 1. The zero-order valence-corrected chi connectivity index (χ0v) is 12.6. The van der Waals surface area contributed by atoms with Crippen molar-refractivity contribution < 1.29 is 17.9 Å². The van der Waals surface area contributed by atoms with Crippen LogP contribution in [0.15, 0.2) is 59.5 Å². The van der Waals surface area contributed by atoms with E-state index in [1.165, 1.54) is 29.6 Å². The normalized spacial score (nSPS) is 11.4. The highest BCUT2D eigenvalue weighted by atomic mass is 32.2. The summed E-state index contributed by atoms with van der Waals surface area (Å²) in [6.45, 7) is 0.820. The number of benzene rings is 2. The largest absolute Gasteiger partial charge is 0.573 e. The molecule has 0 bridgehead atoms. The minimum atomic E-state index is -4.65. The molecule has 0 aliphatic heterocycles. The van der Waals surface area contributed by atoms with E-state index in [9.17, 15) is 13.2 Å². The van der Waals surface area contributed by atoms with Crippen LogP contribution in [0.3, 0.4) is 0 Å². The Morgan fingerprint density at radius 1 is 0.955 bits per heavy atom. The van der Waals surface area contributed by atoms with E-state index in [0.717, 1.165) is 24.3 Å². The van der Waals surface area contributed by atoms with Gasteiger partial charge in [0.2, 0.25) is 0 Å². The van der Waals surface area contributed by atoms with Crippen LogP contribution in [-0.4, -0.2) is 12.9 Å². The molecule has 0 heterocycles. The topological polar surface area (TPSA) is 21.3 Å². The molecule has 118 valence electrons. The maximum atomic E-state index is 12.0. The van der Waals surface area contributed by atoms with Crippen LogP contribution in [0.25, 0.3) is 0 Å². The molecular weight excluding hydrogens is 311 g/mol. The SMILES string of the molecule is FC(F)(F)Oc1ccc(SNCCCc2ccccc2)cc1. The number of rotatable bonds is 7. The lowest BCUT2D eigenvalue weighted by Crippen LogP contribution is -2.17. The molecular formula is C16H16F3NOS. The van der Waals surface area contributed by atoms with Gasteiger partial charge in [0.05, 0.1) is 0 Å². The van der Waals surface area contributed by atoms with Crippen LogP contribution in [-0.2, 0) is 6.42 Å². The third-order valence-corrected chi connectivity index (χ3v) is 3.69. The standard InChI is InChI=1S/C16H16F3NOS/c17-16(18,19)21-14-8-10-15(11-9-14)22-20-12-4-7-13-5-2-1-3-6-13/h1-3,5-6,8-11,20H,4,7,12H2. The van der Waals surface area contributed by atoms with Gasteiger partial charge in [0.25, 0.3) is 0 Å². The highest BCUT2D eigenvalue weighted by Gasteiger charge is 2.30. The van der Waals surface area contributed by atoms with E-state index < -0.39 is 6.36 Å². The second-order valence-corrected chi connectivity index (χ2v) is 5.57. The Morgan fingerprint density at radius 3 is 2.27 bits per heavy atom. The van der Waals surface area contributed by atoms with E-state index in [2.05, 4.69) is 21.6 Å². The molecule has 2 aromatic carbocycles.